The zero-order valence-corrected chi connectivity index (χ0v) is 11.1. The second kappa shape index (κ2) is 5.63. The second-order valence-electron chi connectivity index (χ2n) is 4.15. The Bertz CT molecular complexity index is 412. The minimum absolute atomic E-state index is 0.0948. The van der Waals surface area contributed by atoms with Gasteiger partial charge in [-0.15, -0.1) is 11.8 Å². The minimum atomic E-state index is -0.752. The quantitative estimate of drug-likeness (QED) is 0.910. The molecule has 0 bridgehead atoms. The summed E-state index contributed by atoms with van der Waals surface area (Å²) in [5.74, 6) is 0.802. The van der Waals surface area contributed by atoms with E-state index < -0.39 is 6.09 Å². The molecule has 1 saturated heterocycles. The number of ether oxygens (including phenoxy) is 2. The largest absolute Gasteiger partial charge is 0.447 e. The number of hydrogen-bond acceptors (Lipinski definition) is 4. The Labute approximate surface area is 111 Å². The molecule has 0 aliphatic carbocycles. The number of thioether (sulfide) groups is 1. The number of carbonyl (C=O) groups excluding carboxylic acids is 1. The van der Waals surface area contributed by atoms with Crippen LogP contribution in [0.3, 0.4) is 0 Å². The van der Waals surface area contributed by atoms with E-state index in [9.17, 15) is 4.79 Å². The summed E-state index contributed by atoms with van der Waals surface area (Å²) in [6.45, 7) is 2.31. The van der Waals surface area contributed by atoms with Crippen molar-refractivity contribution in [2.24, 2.45) is 5.73 Å². The molecule has 1 aliphatic rings. The van der Waals surface area contributed by atoms with Crippen molar-refractivity contribution in [2.45, 2.75) is 24.4 Å². The molecule has 4 nitrogen and oxygen atoms in total. The van der Waals surface area contributed by atoms with Gasteiger partial charge in [-0.3, -0.25) is 0 Å². The highest BCUT2D eigenvalue weighted by atomic mass is 32.2. The molecule has 98 valence electrons. The van der Waals surface area contributed by atoms with Gasteiger partial charge in [-0.1, -0.05) is 37.3 Å². The molecule has 1 heterocycles. The molecule has 1 aromatic carbocycles. The van der Waals surface area contributed by atoms with Crippen LogP contribution in [0.4, 0.5) is 4.79 Å². The van der Waals surface area contributed by atoms with Crippen molar-refractivity contribution >= 4 is 17.9 Å². The summed E-state index contributed by atoms with van der Waals surface area (Å²) in [4.78, 5) is 10.3. The van der Waals surface area contributed by atoms with Gasteiger partial charge in [0.1, 0.15) is 17.6 Å². The Morgan fingerprint density at radius 2 is 2.28 bits per heavy atom. The van der Waals surface area contributed by atoms with Gasteiger partial charge < -0.3 is 15.2 Å². The number of amides is 1. The van der Waals surface area contributed by atoms with Crippen LogP contribution in [0.15, 0.2) is 30.3 Å². The maximum atomic E-state index is 10.6. The van der Waals surface area contributed by atoms with Crippen LogP contribution in [0.1, 0.15) is 18.9 Å². The highest BCUT2D eigenvalue weighted by Gasteiger charge is 2.41. The molecule has 0 saturated carbocycles. The average Bonchev–Trinajstić information content (AvgIpc) is 2.82. The summed E-state index contributed by atoms with van der Waals surface area (Å²) in [5.41, 5.74) is 6.11. The lowest BCUT2D eigenvalue weighted by molar-refractivity contribution is -0.0386. The Morgan fingerprint density at radius 1 is 1.56 bits per heavy atom. The van der Waals surface area contributed by atoms with Gasteiger partial charge in [0, 0.05) is 5.75 Å². The van der Waals surface area contributed by atoms with E-state index in [-0.39, 0.29) is 17.6 Å². The smallest absolute Gasteiger partial charge is 0.404 e. The van der Waals surface area contributed by atoms with E-state index in [0.717, 1.165) is 17.7 Å². The van der Waals surface area contributed by atoms with E-state index in [0.29, 0.717) is 0 Å². The molecule has 5 heteroatoms. The summed E-state index contributed by atoms with van der Waals surface area (Å²) in [5, 5.41) is 0. The van der Waals surface area contributed by atoms with E-state index in [1.54, 1.807) is 11.8 Å². The third-order valence-electron chi connectivity index (χ3n) is 2.95. The SMILES string of the molecule is CC[C@]1(c2ccccc2)O[C@H](COC(N)=O)CS1. The molecule has 1 aromatic rings. The molecule has 0 spiro atoms. The van der Waals surface area contributed by atoms with Crippen LogP contribution in [-0.4, -0.2) is 24.6 Å². The second-order valence-corrected chi connectivity index (χ2v) is 5.43. The summed E-state index contributed by atoms with van der Waals surface area (Å²) in [7, 11) is 0. The predicted octanol–water partition coefficient (Wildman–Crippen LogP) is 2.48. The van der Waals surface area contributed by atoms with Crippen molar-refractivity contribution in [1.82, 2.24) is 0 Å². The van der Waals surface area contributed by atoms with Crippen LogP contribution in [0.5, 0.6) is 0 Å². The lowest BCUT2D eigenvalue weighted by atomic mass is 10.1. The molecular weight excluding hydrogens is 250 g/mol. The standard InChI is InChI=1S/C13H17NO3S/c1-2-13(10-6-4-3-5-7-10)17-11(9-18-13)8-16-12(14)15/h3-7,11H,2,8-9H2,1H3,(H2,14,15)/t11-,13+/m1/s1. The third kappa shape index (κ3) is 2.79. The fourth-order valence-electron chi connectivity index (χ4n) is 2.06. The van der Waals surface area contributed by atoms with E-state index in [2.05, 4.69) is 19.1 Å². The Hall–Kier alpha value is -1.20. The maximum absolute atomic E-state index is 10.6. The van der Waals surface area contributed by atoms with Gasteiger partial charge in [-0.2, -0.15) is 0 Å². The topological polar surface area (TPSA) is 61.6 Å². The number of benzene rings is 1. The molecule has 18 heavy (non-hydrogen) atoms. The molecule has 1 aliphatic heterocycles. The molecule has 2 atom stereocenters. The molecule has 1 amide bonds. The number of primary amides is 1. The molecule has 2 rings (SSSR count). The first-order valence-corrected chi connectivity index (χ1v) is 6.94. The number of hydrogen-bond donors (Lipinski definition) is 1. The number of carbonyl (C=O) groups is 1. The fourth-order valence-corrected chi connectivity index (χ4v) is 3.39. The van der Waals surface area contributed by atoms with E-state index >= 15 is 0 Å². The first-order chi connectivity index (χ1) is 8.66. The lowest BCUT2D eigenvalue weighted by Crippen LogP contribution is -2.28. The van der Waals surface area contributed by atoms with E-state index in [1.807, 2.05) is 18.2 Å². The van der Waals surface area contributed by atoms with Gasteiger partial charge in [0.05, 0.1) is 0 Å². The van der Waals surface area contributed by atoms with Crippen LogP contribution in [0, 0.1) is 0 Å². The van der Waals surface area contributed by atoms with Gasteiger partial charge in [-0.25, -0.2) is 4.79 Å². The van der Waals surface area contributed by atoms with Crippen LogP contribution in [0.2, 0.25) is 0 Å². The molecule has 2 N–H and O–H groups in total. The normalized spacial score (nSPS) is 27.1. The Morgan fingerprint density at radius 3 is 2.89 bits per heavy atom. The van der Waals surface area contributed by atoms with Crippen LogP contribution in [-0.2, 0) is 14.4 Å². The first-order valence-electron chi connectivity index (χ1n) is 5.96. The monoisotopic (exact) mass is 267 g/mol. The van der Waals surface area contributed by atoms with Gasteiger partial charge in [-0.05, 0) is 12.0 Å². The van der Waals surface area contributed by atoms with Crippen LogP contribution in [0.25, 0.3) is 0 Å². The third-order valence-corrected chi connectivity index (χ3v) is 4.58. The maximum Gasteiger partial charge on any atom is 0.404 e. The first kappa shape index (κ1) is 13.2. The average molecular weight is 267 g/mol. The molecule has 0 radical (unpaired) electrons. The zero-order chi connectivity index (χ0) is 13.0. The lowest BCUT2D eigenvalue weighted by Gasteiger charge is -2.27. The minimum Gasteiger partial charge on any atom is -0.447 e. The fraction of sp³-hybridized carbons (Fsp3) is 0.462. The summed E-state index contributed by atoms with van der Waals surface area (Å²) >= 11 is 1.75. The zero-order valence-electron chi connectivity index (χ0n) is 10.3. The van der Waals surface area contributed by atoms with Crippen molar-refractivity contribution in [1.29, 1.82) is 0 Å². The van der Waals surface area contributed by atoms with Crippen molar-refractivity contribution in [3.63, 3.8) is 0 Å². The van der Waals surface area contributed by atoms with Crippen LogP contribution >= 0.6 is 11.8 Å². The summed E-state index contributed by atoms with van der Waals surface area (Å²) in [6.07, 6.45) is 0.0225. The Balaban J connectivity index is 2.05. The highest BCUT2D eigenvalue weighted by molar-refractivity contribution is 8.00. The number of nitrogens with two attached hydrogens (primary N) is 1. The van der Waals surface area contributed by atoms with Crippen molar-refractivity contribution in [2.75, 3.05) is 12.4 Å². The van der Waals surface area contributed by atoms with Gasteiger partial charge >= 0.3 is 6.09 Å². The number of rotatable bonds is 4. The molecule has 0 unspecified atom stereocenters. The highest BCUT2D eigenvalue weighted by Crippen LogP contribution is 2.47. The predicted molar refractivity (Wildman–Crippen MR) is 71.3 cm³/mol. The van der Waals surface area contributed by atoms with E-state index in [1.165, 1.54) is 0 Å². The summed E-state index contributed by atoms with van der Waals surface area (Å²) < 4.78 is 10.9. The van der Waals surface area contributed by atoms with Crippen molar-refractivity contribution in [3.8, 4) is 0 Å². The van der Waals surface area contributed by atoms with E-state index in [4.69, 9.17) is 15.2 Å². The van der Waals surface area contributed by atoms with Gasteiger partial charge in [0.25, 0.3) is 0 Å². The molecule has 0 aromatic heterocycles. The summed E-state index contributed by atoms with van der Waals surface area (Å²) in [6, 6.07) is 10.1. The van der Waals surface area contributed by atoms with Gasteiger partial charge in [0.15, 0.2) is 0 Å². The Kier molecular flexibility index (Phi) is 4.14. The molecular formula is C13H17NO3S. The van der Waals surface area contributed by atoms with Crippen molar-refractivity contribution < 1.29 is 14.3 Å². The molecule has 1 fully saturated rings. The van der Waals surface area contributed by atoms with Crippen LogP contribution < -0.4 is 5.73 Å². The van der Waals surface area contributed by atoms with Crippen molar-refractivity contribution in [3.05, 3.63) is 35.9 Å². The van der Waals surface area contributed by atoms with Gasteiger partial charge in [0.2, 0.25) is 0 Å².